The molecule has 0 bridgehead atoms. The molecule has 1 N–H and O–H groups in total. The predicted octanol–water partition coefficient (Wildman–Crippen LogP) is 3.00. The minimum absolute atomic E-state index is 0.248. The van der Waals surface area contributed by atoms with Crippen LogP contribution in [0.5, 0.6) is 5.75 Å². The Morgan fingerprint density at radius 3 is 2.89 bits per heavy atom. The Kier molecular flexibility index (Phi) is 3.97. The first-order valence-corrected chi connectivity index (χ1v) is 5.70. The number of nitrogens with zero attached hydrogens (tertiary/aromatic N) is 1. The molecule has 1 heterocycles. The minimum atomic E-state index is 0.248. The van der Waals surface area contributed by atoms with Gasteiger partial charge in [0.2, 0.25) is 0 Å². The first kappa shape index (κ1) is 12.2. The van der Waals surface area contributed by atoms with Crippen molar-refractivity contribution in [3.8, 4) is 5.75 Å². The van der Waals surface area contributed by atoms with Gasteiger partial charge in [0.1, 0.15) is 5.75 Å². The molecule has 0 aliphatic heterocycles. The smallest absolute Gasteiger partial charge is 0.122 e. The Balaban J connectivity index is 2.22. The fourth-order valence-electron chi connectivity index (χ4n) is 1.73. The van der Waals surface area contributed by atoms with Gasteiger partial charge in [-0.15, -0.1) is 0 Å². The maximum Gasteiger partial charge on any atom is 0.122 e. The molecule has 0 saturated carbocycles. The van der Waals surface area contributed by atoms with Crippen LogP contribution in [-0.2, 0) is 11.2 Å². The Morgan fingerprint density at radius 1 is 1.28 bits per heavy atom. The molecule has 0 aliphatic carbocycles. The van der Waals surface area contributed by atoms with Crippen LogP contribution in [0.2, 0.25) is 0 Å². The predicted molar refractivity (Wildman–Crippen MR) is 71.2 cm³/mol. The van der Waals surface area contributed by atoms with E-state index in [-0.39, 0.29) is 5.75 Å². The van der Waals surface area contributed by atoms with E-state index >= 15 is 0 Å². The summed E-state index contributed by atoms with van der Waals surface area (Å²) in [5, 5.41) is 9.71. The third kappa shape index (κ3) is 3.10. The van der Waals surface area contributed by atoms with Crippen molar-refractivity contribution in [2.24, 2.45) is 0 Å². The van der Waals surface area contributed by atoms with Crippen LogP contribution in [0.1, 0.15) is 16.7 Å². The maximum absolute atomic E-state index is 9.71. The molecule has 0 atom stereocenters. The molecule has 0 aliphatic rings. The SMILES string of the molecule is COC=Cc1cc(Cc2cccnc2)ccc1O. The van der Waals surface area contributed by atoms with E-state index in [4.69, 9.17) is 4.74 Å². The van der Waals surface area contributed by atoms with Gasteiger partial charge in [0.25, 0.3) is 0 Å². The van der Waals surface area contributed by atoms with E-state index < -0.39 is 0 Å². The molecule has 2 aromatic rings. The van der Waals surface area contributed by atoms with Crippen molar-refractivity contribution in [1.29, 1.82) is 0 Å². The van der Waals surface area contributed by atoms with Gasteiger partial charge < -0.3 is 9.84 Å². The molecule has 0 saturated heterocycles. The summed E-state index contributed by atoms with van der Waals surface area (Å²) in [6, 6.07) is 9.50. The van der Waals surface area contributed by atoms with Crippen molar-refractivity contribution in [3.05, 3.63) is 65.7 Å². The van der Waals surface area contributed by atoms with Gasteiger partial charge in [0.05, 0.1) is 13.4 Å². The van der Waals surface area contributed by atoms with Crippen LogP contribution in [0.25, 0.3) is 6.08 Å². The second-order valence-corrected chi connectivity index (χ2v) is 3.97. The number of methoxy groups -OCH3 is 1. The van der Waals surface area contributed by atoms with Gasteiger partial charge in [-0.1, -0.05) is 12.1 Å². The van der Waals surface area contributed by atoms with Crippen LogP contribution >= 0.6 is 0 Å². The van der Waals surface area contributed by atoms with Gasteiger partial charge in [-0.05, 0) is 41.8 Å². The number of phenolic OH excluding ortho intramolecular Hbond substituents is 1. The minimum Gasteiger partial charge on any atom is -0.507 e. The Bertz CT molecular complexity index is 535. The van der Waals surface area contributed by atoms with Crippen molar-refractivity contribution < 1.29 is 9.84 Å². The molecule has 3 nitrogen and oxygen atoms in total. The highest BCUT2D eigenvalue weighted by Gasteiger charge is 2.01. The average Bonchev–Trinajstić information content (AvgIpc) is 2.40. The van der Waals surface area contributed by atoms with E-state index in [1.807, 2.05) is 30.5 Å². The highest BCUT2D eigenvalue weighted by Crippen LogP contribution is 2.21. The lowest BCUT2D eigenvalue weighted by molar-refractivity contribution is 0.341. The molecule has 18 heavy (non-hydrogen) atoms. The third-order valence-electron chi connectivity index (χ3n) is 2.61. The number of hydrogen-bond donors (Lipinski definition) is 1. The normalized spacial score (nSPS) is 10.7. The molecule has 92 valence electrons. The summed E-state index contributed by atoms with van der Waals surface area (Å²) in [7, 11) is 1.58. The summed E-state index contributed by atoms with van der Waals surface area (Å²) >= 11 is 0. The van der Waals surface area contributed by atoms with Crippen molar-refractivity contribution in [1.82, 2.24) is 4.98 Å². The molecule has 0 unspecified atom stereocenters. The molecular weight excluding hydrogens is 226 g/mol. The first-order valence-electron chi connectivity index (χ1n) is 5.70. The quantitative estimate of drug-likeness (QED) is 0.837. The van der Waals surface area contributed by atoms with Crippen molar-refractivity contribution in [2.45, 2.75) is 6.42 Å². The van der Waals surface area contributed by atoms with E-state index in [1.54, 1.807) is 31.7 Å². The molecule has 0 fully saturated rings. The number of phenols is 1. The second-order valence-electron chi connectivity index (χ2n) is 3.97. The monoisotopic (exact) mass is 241 g/mol. The van der Waals surface area contributed by atoms with Crippen molar-refractivity contribution >= 4 is 6.08 Å². The highest BCUT2D eigenvalue weighted by atomic mass is 16.5. The van der Waals surface area contributed by atoms with Gasteiger partial charge in [-0.2, -0.15) is 0 Å². The molecule has 3 heteroatoms. The molecule has 1 aromatic carbocycles. The summed E-state index contributed by atoms with van der Waals surface area (Å²) in [6.45, 7) is 0. The van der Waals surface area contributed by atoms with Crippen LogP contribution in [0, 0.1) is 0 Å². The largest absolute Gasteiger partial charge is 0.507 e. The van der Waals surface area contributed by atoms with Gasteiger partial charge in [-0.25, -0.2) is 0 Å². The zero-order valence-electron chi connectivity index (χ0n) is 10.2. The highest BCUT2D eigenvalue weighted by molar-refractivity contribution is 5.57. The van der Waals surface area contributed by atoms with Gasteiger partial charge in [0.15, 0.2) is 0 Å². The Labute approximate surface area is 106 Å². The summed E-state index contributed by atoms with van der Waals surface area (Å²) in [5.74, 6) is 0.248. The number of hydrogen-bond acceptors (Lipinski definition) is 3. The number of aromatic hydroxyl groups is 1. The zero-order chi connectivity index (χ0) is 12.8. The zero-order valence-corrected chi connectivity index (χ0v) is 10.2. The number of aromatic nitrogens is 1. The van der Waals surface area contributed by atoms with Crippen LogP contribution in [0.3, 0.4) is 0 Å². The molecule has 0 amide bonds. The van der Waals surface area contributed by atoms with Crippen LogP contribution in [0.15, 0.2) is 49.0 Å². The topological polar surface area (TPSA) is 42.4 Å². The fourth-order valence-corrected chi connectivity index (χ4v) is 1.73. The van der Waals surface area contributed by atoms with Crippen LogP contribution in [-0.4, -0.2) is 17.2 Å². The maximum atomic E-state index is 9.71. The van der Waals surface area contributed by atoms with Crippen molar-refractivity contribution in [3.63, 3.8) is 0 Å². The fraction of sp³-hybridized carbons (Fsp3) is 0.133. The lowest BCUT2D eigenvalue weighted by atomic mass is 10.0. The molecule has 0 radical (unpaired) electrons. The number of pyridine rings is 1. The average molecular weight is 241 g/mol. The number of benzene rings is 1. The standard InChI is InChI=1S/C15H15NO2/c1-18-8-6-14-10-12(4-5-15(14)17)9-13-3-2-7-16-11-13/h2-8,10-11,17H,9H2,1H3. The Hall–Kier alpha value is -2.29. The van der Waals surface area contributed by atoms with Crippen molar-refractivity contribution in [2.75, 3.05) is 7.11 Å². The molecule has 2 rings (SSSR count). The lowest BCUT2D eigenvalue weighted by Crippen LogP contribution is -1.89. The van der Waals surface area contributed by atoms with Gasteiger partial charge in [0, 0.05) is 18.0 Å². The molecular formula is C15H15NO2. The summed E-state index contributed by atoms with van der Waals surface area (Å²) < 4.78 is 4.86. The Morgan fingerprint density at radius 2 is 2.17 bits per heavy atom. The van der Waals surface area contributed by atoms with Crippen LogP contribution < -0.4 is 0 Å². The summed E-state index contributed by atoms with van der Waals surface area (Å²) in [4.78, 5) is 4.09. The van der Waals surface area contributed by atoms with E-state index in [0.717, 1.165) is 23.1 Å². The molecule has 0 spiro atoms. The number of ether oxygens (including phenoxy) is 1. The number of rotatable bonds is 4. The van der Waals surface area contributed by atoms with E-state index in [2.05, 4.69) is 4.98 Å². The van der Waals surface area contributed by atoms with Gasteiger partial charge >= 0.3 is 0 Å². The van der Waals surface area contributed by atoms with Crippen LogP contribution in [0.4, 0.5) is 0 Å². The summed E-state index contributed by atoms with van der Waals surface area (Å²) in [5.41, 5.74) is 3.01. The third-order valence-corrected chi connectivity index (χ3v) is 2.61. The van der Waals surface area contributed by atoms with E-state index in [1.165, 1.54) is 0 Å². The summed E-state index contributed by atoms with van der Waals surface area (Å²) in [6.07, 6.45) is 7.68. The first-order chi connectivity index (χ1) is 8.79. The van der Waals surface area contributed by atoms with E-state index in [9.17, 15) is 5.11 Å². The second kappa shape index (κ2) is 5.87. The van der Waals surface area contributed by atoms with E-state index in [0.29, 0.717) is 0 Å². The molecule has 1 aromatic heterocycles. The lowest BCUT2D eigenvalue weighted by Gasteiger charge is -2.05. The van der Waals surface area contributed by atoms with Gasteiger partial charge in [-0.3, -0.25) is 4.98 Å².